The minimum Gasteiger partial charge on any atom is -0.382 e. The second-order valence-corrected chi connectivity index (χ2v) is 4.06. The third-order valence-electron chi connectivity index (χ3n) is 2.65. The summed E-state index contributed by atoms with van der Waals surface area (Å²) in [6.45, 7) is 0.217. The number of nitrogens with one attached hydrogen (secondary N) is 1. The highest BCUT2D eigenvalue weighted by atomic mass is 19.1. The molecule has 0 aromatic heterocycles. The molecule has 0 radical (unpaired) electrons. The van der Waals surface area contributed by atoms with Crippen molar-refractivity contribution < 1.29 is 28.0 Å². The summed E-state index contributed by atoms with van der Waals surface area (Å²) in [7, 11) is 2.85. The number of carbonyl (C=O) groups excluding carboxylic acids is 1. The number of methoxy groups -OCH3 is 2. The van der Waals surface area contributed by atoms with E-state index in [0.29, 0.717) is 12.1 Å². The second-order valence-electron chi connectivity index (χ2n) is 4.06. The number of benzene rings is 1. The smallest absolute Gasteiger partial charge is 0.307 e. The quantitative estimate of drug-likeness (QED) is 0.605. The molecule has 116 valence electrons. The van der Waals surface area contributed by atoms with Crippen molar-refractivity contribution in [1.82, 2.24) is 5.32 Å². The number of carbonyl (C=O) groups is 1. The van der Waals surface area contributed by atoms with E-state index in [1.807, 2.05) is 0 Å². The van der Waals surface area contributed by atoms with Crippen molar-refractivity contribution in [2.75, 3.05) is 27.4 Å². The Balaban J connectivity index is 2.83. The van der Waals surface area contributed by atoms with E-state index in [-0.39, 0.29) is 13.2 Å². The predicted molar refractivity (Wildman–Crippen MR) is 68.0 cm³/mol. The molecule has 0 heterocycles. The zero-order chi connectivity index (χ0) is 16.0. The third-order valence-corrected chi connectivity index (χ3v) is 2.65. The third kappa shape index (κ3) is 4.43. The van der Waals surface area contributed by atoms with Gasteiger partial charge in [0.1, 0.15) is 5.82 Å². The number of hydrogen-bond acceptors (Lipinski definition) is 5. The Morgan fingerprint density at radius 2 is 2.05 bits per heavy atom. The first-order valence-corrected chi connectivity index (χ1v) is 5.84. The van der Waals surface area contributed by atoms with Gasteiger partial charge < -0.3 is 14.8 Å². The van der Waals surface area contributed by atoms with E-state index in [1.54, 1.807) is 0 Å². The van der Waals surface area contributed by atoms with Crippen LogP contribution < -0.4 is 5.32 Å². The molecular formula is C12H14F2N2O5. The van der Waals surface area contributed by atoms with E-state index in [2.05, 4.69) is 5.32 Å². The summed E-state index contributed by atoms with van der Waals surface area (Å²) in [5.74, 6) is -3.37. The lowest BCUT2D eigenvalue weighted by atomic mass is 10.1. The van der Waals surface area contributed by atoms with Crippen LogP contribution in [0.1, 0.15) is 10.4 Å². The van der Waals surface area contributed by atoms with E-state index in [0.717, 1.165) is 0 Å². The van der Waals surface area contributed by atoms with Gasteiger partial charge in [-0.3, -0.25) is 14.9 Å². The zero-order valence-electron chi connectivity index (χ0n) is 11.4. The van der Waals surface area contributed by atoms with Gasteiger partial charge in [0, 0.05) is 20.8 Å². The van der Waals surface area contributed by atoms with Gasteiger partial charge in [0.2, 0.25) is 5.82 Å². The van der Waals surface area contributed by atoms with Gasteiger partial charge in [0.15, 0.2) is 0 Å². The van der Waals surface area contributed by atoms with Crippen molar-refractivity contribution in [2.24, 2.45) is 0 Å². The van der Waals surface area contributed by atoms with Crippen molar-refractivity contribution in [3.05, 3.63) is 39.4 Å². The molecule has 1 aromatic rings. The lowest BCUT2D eigenvalue weighted by Gasteiger charge is -2.15. The summed E-state index contributed by atoms with van der Waals surface area (Å²) in [5.41, 5.74) is -1.65. The van der Waals surface area contributed by atoms with Crippen molar-refractivity contribution in [2.45, 2.75) is 6.10 Å². The van der Waals surface area contributed by atoms with Crippen LogP contribution >= 0.6 is 0 Å². The standard InChI is InChI=1S/C12H14F2N2O5/c1-20-6-7(21-2)5-15-12(17)8-3-10(14)11(16(18)19)4-9(8)13/h3-4,7H,5-6H2,1-2H3,(H,15,17). The zero-order valence-corrected chi connectivity index (χ0v) is 11.4. The fraction of sp³-hybridized carbons (Fsp3) is 0.417. The lowest BCUT2D eigenvalue weighted by molar-refractivity contribution is -0.387. The monoisotopic (exact) mass is 304 g/mol. The molecule has 1 unspecified atom stereocenters. The van der Waals surface area contributed by atoms with Crippen LogP contribution in [0.4, 0.5) is 14.5 Å². The summed E-state index contributed by atoms with van der Waals surface area (Å²) in [5, 5.41) is 12.8. The molecule has 0 bridgehead atoms. The summed E-state index contributed by atoms with van der Waals surface area (Å²) in [6, 6.07) is 0.855. The van der Waals surface area contributed by atoms with Crippen molar-refractivity contribution in [3.63, 3.8) is 0 Å². The van der Waals surface area contributed by atoms with Gasteiger partial charge >= 0.3 is 5.69 Å². The van der Waals surface area contributed by atoms with E-state index in [9.17, 15) is 23.7 Å². The van der Waals surface area contributed by atoms with Crippen LogP contribution in [0, 0.1) is 21.7 Å². The molecular weight excluding hydrogens is 290 g/mol. The number of nitrogens with zero attached hydrogens (tertiary/aromatic N) is 1. The predicted octanol–water partition coefficient (Wildman–Crippen LogP) is 1.26. The van der Waals surface area contributed by atoms with Gasteiger partial charge in [-0.1, -0.05) is 0 Å². The topological polar surface area (TPSA) is 90.7 Å². The van der Waals surface area contributed by atoms with Gasteiger partial charge in [-0.05, 0) is 6.07 Å². The van der Waals surface area contributed by atoms with Crippen LogP contribution in [-0.2, 0) is 9.47 Å². The Labute approximate surface area is 119 Å². The molecule has 9 heteroatoms. The number of hydrogen-bond donors (Lipinski definition) is 1. The lowest BCUT2D eigenvalue weighted by Crippen LogP contribution is -2.36. The van der Waals surface area contributed by atoms with E-state index < -0.39 is 39.8 Å². The maximum Gasteiger partial charge on any atom is 0.307 e. The van der Waals surface area contributed by atoms with Crippen LogP contribution in [0.25, 0.3) is 0 Å². The number of halogens is 2. The average Bonchev–Trinajstić information content (AvgIpc) is 2.44. The highest BCUT2D eigenvalue weighted by Crippen LogP contribution is 2.21. The molecule has 0 saturated heterocycles. The number of rotatable bonds is 7. The van der Waals surface area contributed by atoms with E-state index >= 15 is 0 Å². The van der Waals surface area contributed by atoms with Crippen LogP contribution in [-0.4, -0.2) is 44.3 Å². The van der Waals surface area contributed by atoms with Crippen molar-refractivity contribution in [1.29, 1.82) is 0 Å². The molecule has 1 atom stereocenters. The molecule has 0 aliphatic carbocycles. The summed E-state index contributed by atoms with van der Waals surface area (Å²) in [4.78, 5) is 21.1. The molecule has 7 nitrogen and oxygen atoms in total. The number of amides is 1. The second kappa shape index (κ2) is 7.60. The molecule has 0 saturated carbocycles. The minimum absolute atomic E-state index is 0.0151. The summed E-state index contributed by atoms with van der Waals surface area (Å²) < 4.78 is 36.8. The summed E-state index contributed by atoms with van der Waals surface area (Å²) in [6.07, 6.45) is -0.454. The van der Waals surface area contributed by atoms with Crippen LogP contribution in [0.2, 0.25) is 0 Å². The first-order valence-electron chi connectivity index (χ1n) is 5.84. The molecule has 21 heavy (non-hydrogen) atoms. The van der Waals surface area contributed by atoms with Gasteiger partial charge in [0.05, 0.1) is 29.3 Å². The first kappa shape index (κ1) is 16.9. The Morgan fingerprint density at radius 1 is 1.38 bits per heavy atom. The normalized spacial score (nSPS) is 12.0. The number of nitro benzene ring substituents is 1. The minimum atomic E-state index is -1.29. The van der Waals surface area contributed by atoms with E-state index in [4.69, 9.17) is 9.47 Å². The largest absolute Gasteiger partial charge is 0.382 e. The summed E-state index contributed by atoms with van der Waals surface area (Å²) >= 11 is 0. The van der Waals surface area contributed by atoms with Crippen molar-refractivity contribution in [3.8, 4) is 0 Å². The first-order chi connectivity index (χ1) is 9.90. The Kier molecular flexibility index (Phi) is 6.12. The fourth-order valence-electron chi connectivity index (χ4n) is 1.55. The number of ether oxygens (including phenoxy) is 2. The molecule has 1 amide bonds. The van der Waals surface area contributed by atoms with Gasteiger partial charge in [-0.2, -0.15) is 4.39 Å². The van der Waals surface area contributed by atoms with Gasteiger partial charge in [-0.15, -0.1) is 0 Å². The maximum absolute atomic E-state index is 13.6. The Bertz CT molecular complexity index is 539. The highest BCUT2D eigenvalue weighted by Gasteiger charge is 2.22. The van der Waals surface area contributed by atoms with E-state index in [1.165, 1.54) is 14.2 Å². The molecule has 1 N–H and O–H groups in total. The van der Waals surface area contributed by atoms with Crippen LogP contribution in [0.3, 0.4) is 0 Å². The average molecular weight is 304 g/mol. The highest BCUT2D eigenvalue weighted by molar-refractivity contribution is 5.94. The fourth-order valence-corrected chi connectivity index (χ4v) is 1.55. The Morgan fingerprint density at radius 3 is 2.57 bits per heavy atom. The maximum atomic E-state index is 13.6. The molecule has 0 fully saturated rings. The van der Waals surface area contributed by atoms with Gasteiger partial charge in [-0.25, -0.2) is 4.39 Å². The number of nitro groups is 1. The van der Waals surface area contributed by atoms with Crippen LogP contribution in [0.5, 0.6) is 0 Å². The Hall–Kier alpha value is -2.13. The van der Waals surface area contributed by atoms with Crippen LogP contribution in [0.15, 0.2) is 12.1 Å². The molecule has 0 spiro atoms. The van der Waals surface area contributed by atoms with Gasteiger partial charge in [0.25, 0.3) is 5.91 Å². The SMILES string of the molecule is COCC(CNC(=O)c1cc(F)c([N+](=O)[O-])cc1F)OC. The molecule has 1 aromatic carbocycles. The molecule has 0 aliphatic heterocycles. The molecule has 0 aliphatic rings. The molecule has 1 rings (SSSR count). The van der Waals surface area contributed by atoms with Crippen molar-refractivity contribution >= 4 is 11.6 Å².